The first-order valence-electron chi connectivity index (χ1n) is 10.4. The molecule has 1 saturated heterocycles. The first-order valence-corrected chi connectivity index (χ1v) is 11.3. The third-order valence-corrected chi connectivity index (χ3v) is 6.76. The topological polar surface area (TPSA) is 33.2 Å². The van der Waals surface area contributed by atoms with Gasteiger partial charge in [0.25, 0.3) is 0 Å². The van der Waals surface area contributed by atoms with Crippen molar-refractivity contribution in [2.75, 3.05) is 18.0 Å². The molecule has 0 amide bonds. The molecule has 0 spiro atoms. The smallest absolute Gasteiger partial charge is 0.185 e. The molecule has 2 aromatic carbocycles. The van der Waals surface area contributed by atoms with Gasteiger partial charge >= 0.3 is 0 Å². The van der Waals surface area contributed by atoms with Crippen LogP contribution in [0.25, 0.3) is 0 Å². The number of aryl methyl sites for hydroxylation is 2. The van der Waals surface area contributed by atoms with Crippen LogP contribution in [0.2, 0.25) is 0 Å². The van der Waals surface area contributed by atoms with E-state index >= 15 is 0 Å². The quantitative estimate of drug-likeness (QED) is 0.478. The highest BCUT2D eigenvalue weighted by Crippen LogP contribution is 2.29. The molecule has 29 heavy (non-hydrogen) atoms. The van der Waals surface area contributed by atoms with Crippen molar-refractivity contribution in [3.63, 3.8) is 0 Å². The van der Waals surface area contributed by atoms with E-state index in [1.54, 1.807) is 11.3 Å². The van der Waals surface area contributed by atoms with Crippen LogP contribution in [0, 0.1) is 19.8 Å². The molecular formula is C25H28N2OS. The Labute approximate surface area is 177 Å². The average Bonchev–Trinajstić information content (AvgIpc) is 3.41. The van der Waals surface area contributed by atoms with Crippen molar-refractivity contribution in [2.45, 2.75) is 39.5 Å². The molecule has 4 heteroatoms. The summed E-state index contributed by atoms with van der Waals surface area (Å²) in [6, 6.07) is 16.5. The van der Waals surface area contributed by atoms with Gasteiger partial charge in [0, 0.05) is 35.6 Å². The minimum Gasteiger partial charge on any atom is -0.348 e. The van der Waals surface area contributed by atoms with Gasteiger partial charge in [-0.05, 0) is 45.1 Å². The van der Waals surface area contributed by atoms with Crippen molar-refractivity contribution < 1.29 is 4.79 Å². The van der Waals surface area contributed by atoms with E-state index < -0.39 is 0 Å². The van der Waals surface area contributed by atoms with Crippen LogP contribution in [-0.2, 0) is 12.8 Å². The molecule has 0 saturated carbocycles. The van der Waals surface area contributed by atoms with Gasteiger partial charge in [-0.2, -0.15) is 0 Å². The molecule has 0 bridgehead atoms. The number of benzene rings is 2. The Balaban J connectivity index is 1.56. The van der Waals surface area contributed by atoms with E-state index in [-0.39, 0.29) is 11.7 Å². The van der Waals surface area contributed by atoms with Gasteiger partial charge in [-0.15, -0.1) is 11.3 Å². The zero-order valence-corrected chi connectivity index (χ0v) is 18.0. The summed E-state index contributed by atoms with van der Waals surface area (Å²) in [5, 5.41) is 1.11. The average molecular weight is 405 g/mol. The van der Waals surface area contributed by atoms with Crippen LogP contribution in [0.4, 0.5) is 5.13 Å². The molecule has 1 aromatic heterocycles. The minimum absolute atomic E-state index is 0.0766. The second kappa shape index (κ2) is 8.91. The third kappa shape index (κ3) is 4.94. The summed E-state index contributed by atoms with van der Waals surface area (Å²) in [6.07, 6.45) is 5.96. The van der Waals surface area contributed by atoms with E-state index in [1.165, 1.54) is 34.4 Å². The highest BCUT2D eigenvalue weighted by Gasteiger charge is 2.23. The second-order valence-electron chi connectivity index (χ2n) is 8.12. The fraction of sp³-hybridized carbons (Fsp3) is 0.360. The molecule has 1 atom stereocenters. The van der Waals surface area contributed by atoms with Crippen LogP contribution in [0.3, 0.4) is 0 Å². The Bertz CT molecular complexity index is 953. The van der Waals surface area contributed by atoms with Crippen molar-refractivity contribution in [3.8, 4) is 0 Å². The Hall–Kier alpha value is -2.46. The number of rotatable bonds is 7. The summed E-state index contributed by atoms with van der Waals surface area (Å²) in [7, 11) is 0. The lowest BCUT2D eigenvalue weighted by Crippen LogP contribution is -2.20. The molecule has 0 radical (unpaired) electrons. The largest absolute Gasteiger partial charge is 0.348 e. The fourth-order valence-corrected chi connectivity index (χ4v) is 4.95. The van der Waals surface area contributed by atoms with Gasteiger partial charge < -0.3 is 4.90 Å². The maximum Gasteiger partial charge on any atom is 0.185 e. The van der Waals surface area contributed by atoms with Crippen LogP contribution < -0.4 is 4.90 Å². The molecule has 4 rings (SSSR count). The summed E-state index contributed by atoms with van der Waals surface area (Å²) in [6.45, 7) is 6.34. The van der Waals surface area contributed by atoms with E-state index in [0.717, 1.165) is 36.6 Å². The number of hydrogen-bond donors (Lipinski definition) is 0. The molecule has 3 aromatic rings. The predicted octanol–water partition coefficient (Wildman–Crippen LogP) is 5.64. The maximum atomic E-state index is 13.4. The standard InChI is InChI=1S/C25H28N2OS/c1-18-5-9-20(10-6-18)15-22(24(28)21-11-7-19(2)8-12-21)16-23-17-26-25(29-23)27-13-3-4-14-27/h5-12,17,22H,3-4,13-16H2,1-2H3. The molecule has 3 nitrogen and oxygen atoms in total. The summed E-state index contributed by atoms with van der Waals surface area (Å²) in [5.74, 6) is 0.147. The highest BCUT2D eigenvalue weighted by atomic mass is 32.1. The molecule has 1 aliphatic rings. The van der Waals surface area contributed by atoms with Crippen molar-refractivity contribution >= 4 is 22.3 Å². The van der Waals surface area contributed by atoms with Gasteiger partial charge in [0.2, 0.25) is 0 Å². The highest BCUT2D eigenvalue weighted by molar-refractivity contribution is 7.15. The predicted molar refractivity (Wildman–Crippen MR) is 121 cm³/mol. The number of thiazole rings is 1. The van der Waals surface area contributed by atoms with Crippen LogP contribution in [0.1, 0.15) is 44.8 Å². The Morgan fingerprint density at radius 3 is 2.24 bits per heavy atom. The Morgan fingerprint density at radius 1 is 0.966 bits per heavy atom. The Kier molecular flexibility index (Phi) is 6.10. The number of Topliss-reactive ketones (excluding diaryl/α,β-unsaturated/α-hetero) is 1. The maximum absolute atomic E-state index is 13.4. The summed E-state index contributed by atoms with van der Waals surface area (Å²) in [4.78, 5) is 21.6. The second-order valence-corrected chi connectivity index (χ2v) is 9.22. The monoisotopic (exact) mass is 404 g/mol. The molecule has 0 N–H and O–H groups in total. The number of carbonyl (C=O) groups is 1. The molecule has 1 aliphatic heterocycles. The SMILES string of the molecule is Cc1ccc(CC(Cc2cnc(N3CCCC3)s2)C(=O)c2ccc(C)cc2)cc1. The number of hydrogen-bond acceptors (Lipinski definition) is 4. The van der Waals surface area contributed by atoms with Gasteiger partial charge in [0.1, 0.15) is 0 Å². The van der Waals surface area contributed by atoms with E-state index in [2.05, 4.69) is 48.0 Å². The first-order chi connectivity index (χ1) is 14.1. The molecule has 0 aliphatic carbocycles. The van der Waals surface area contributed by atoms with Gasteiger partial charge in [-0.3, -0.25) is 4.79 Å². The summed E-state index contributed by atoms with van der Waals surface area (Å²) in [5.41, 5.74) is 4.43. The van der Waals surface area contributed by atoms with Crippen molar-refractivity contribution in [2.24, 2.45) is 5.92 Å². The molecule has 1 unspecified atom stereocenters. The lowest BCUT2D eigenvalue weighted by atomic mass is 9.88. The minimum atomic E-state index is -0.0766. The van der Waals surface area contributed by atoms with Crippen LogP contribution in [0.5, 0.6) is 0 Å². The van der Waals surface area contributed by atoms with Crippen LogP contribution in [0.15, 0.2) is 54.7 Å². The van der Waals surface area contributed by atoms with Crippen molar-refractivity contribution in [1.29, 1.82) is 0 Å². The molecule has 150 valence electrons. The van der Waals surface area contributed by atoms with Crippen LogP contribution in [-0.4, -0.2) is 23.9 Å². The van der Waals surface area contributed by atoms with Crippen molar-refractivity contribution in [3.05, 3.63) is 81.9 Å². The van der Waals surface area contributed by atoms with Gasteiger partial charge in [-0.25, -0.2) is 4.98 Å². The summed E-state index contributed by atoms with van der Waals surface area (Å²) >= 11 is 1.75. The third-order valence-electron chi connectivity index (χ3n) is 5.68. The first kappa shape index (κ1) is 19.8. The van der Waals surface area contributed by atoms with E-state index in [9.17, 15) is 4.79 Å². The van der Waals surface area contributed by atoms with E-state index in [1.807, 2.05) is 30.5 Å². The van der Waals surface area contributed by atoms with Gasteiger partial charge in [0.05, 0.1) is 0 Å². The Morgan fingerprint density at radius 2 is 1.59 bits per heavy atom. The fourth-order valence-electron chi connectivity index (χ4n) is 3.91. The number of nitrogens with zero attached hydrogens (tertiary/aromatic N) is 2. The number of carbonyl (C=O) groups excluding carboxylic acids is 1. The summed E-state index contributed by atoms with van der Waals surface area (Å²) < 4.78 is 0. The zero-order valence-electron chi connectivity index (χ0n) is 17.2. The van der Waals surface area contributed by atoms with Gasteiger partial charge in [0.15, 0.2) is 10.9 Å². The number of aromatic nitrogens is 1. The lowest BCUT2D eigenvalue weighted by Gasteiger charge is -2.16. The zero-order chi connectivity index (χ0) is 20.2. The molecule has 2 heterocycles. The number of anilines is 1. The lowest BCUT2D eigenvalue weighted by molar-refractivity contribution is 0.0919. The number of ketones is 1. The van der Waals surface area contributed by atoms with Crippen LogP contribution >= 0.6 is 11.3 Å². The van der Waals surface area contributed by atoms with E-state index in [0.29, 0.717) is 0 Å². The molecular weight excluding hydrogens is 376 g/mol. The molecule has 1 fully saturated rings. The van der Waals surface area contributed by atoms with Crippen molar-refractivity contribution in [1.82, 2.24) is 4.98 Å². The van der Waals surface area contributed by atoms with Gasteiger partial charge in [-0.1, -0.05) is 59.7 Å². The van der Waals surface area contributed by atoms with E-state index in [4.69, 9.17) is 0 Å². The normalized spacial score (nSPS) is 14.9.